The Bertz CT molecular complexity index is 375. The van der Waals surface area contributed by atoms with Crippen LogP contribution in [0.25, 0.3) is 0 Å². The number of carbonyl (C=O) groups excluding carboxylic acids is 1. The lowest BCUT2D eigenvalue weighted by molar-refractivity contribution is 0.0682. The molecule has 1 atom stereocenters. The van der Waals surface area contributed by atoms with Crippen molar-refractivity contribution in [3.05, 3.63) is 33.8 Å². The van der Waals surface area contributed by atoms with E-state index in [9.17, 15) is 4.79 Å². The Balaban J connectivity index is 3.05. The number of amides is 1. The number of halogens is 2. The highest BCUT2D eigenvalue weighted by Gasteiger charge is 2.21. The number of aliphatic hydroxyl groups is 1. The van der Waals surface area contributed by atoms with Crippen molar-refractivity contribution in [3.63, 3.8) is 0 Å². The molecule has 0 heterocycles. The van der Waals surface area contributed by atoms with Crippen molar-refractivity contribution in [2.24, 2.45) is 0 Å². The standard InChI is InChI=1S/C11H13Cl2NO2/c1-7(6-15)14(2)11(16)10-8(12)4-3-5-9(10)13/h3-5,7,15H,6H2,1-2H3. The predicted molar refractivity (Wildman–Crippen MR) is 65.1 cm³/mol. The third-order valence-corrected chi connectivity index (χ3v) is 3.05. The van der Waals surface area contributed by atoms with Crippen molar-refractivity contribution in [1.29, 1.82) is 0 Å². The first kappa shape index (κ1) is 13.3. The second kappa shape index (κ2) is 5.53. The van der Waals surface area contributed by atoms with Crippen LogP contribution in [0.5, 0.6) is 0 Å². The molecule has 0 aromatic heterocycles. The zero-order valence-corrected chi connectivity index (χ0v) is 10.6. The highest BCUT2D eigenvalue weighted by atomic mass is 35.5. The maximum Gasteiger partial charge on any atom is 0.256 e. The lowest BCUT2D eigenvalue weighted by atomic mass is 10.1. The summed E-state index contributed by atoms with van der Waals surface area (Å²) in [5.74, 6) is -0.294. The summed E-state index contributed by atoms with van der Waals surface area (Å²) in [7, 11) is 1.60. The number of likely N-dealkylation sites (N-methyl/N-ethyl adjacent to an activating group) is 1. The second-order valence-corrected chi connectivity index (χ2v) is 4.36. The molecule has 3 nitrogen and oxygen atoms in total. The second-order valence-electron chi connectivity index (χ2n) is 3.54. The van der Waals surface area contributed by atoms with E-state index >= 15 is 0 Å². The van der Waals surface area contributed by atoms with Gasteiger partial charge in [-0.1, -0.05) is 29.3 Å². The van der Waals surface area contributed by atoms with Gasteiger partial charge in [-0.15, -0.1) is 0 Å². The smallest absolute Gasteiger partial charge is 0.256 e. The molecule has 0 fully saturated rings. The molecule has 0 aliphatic heterocycles. The lowest BCUT2D eigenvalue weighted by Crippen LogP contribution is -2.37. The summed E-state index contributed by atoms with van der Waals surface area (Å²) >= 11 is 11.8. The number of nitrogens with zero attached hydrogens (tertiary/aromatic N) is 1. The largest absolute Gasteiger partial charge is 0.394 e. The molecule has 1 aromatic carbocycles. The van der Waals surface area contributed by atoms with Gasteiger partial charge < -0.3 is 10.0 Å². The van der Waals surface area contributed by atoms with Gasteiger partial charge in [0.25, 0.3) is 5.91 Å². The lowest BCUT2D eigenvalue weighted by Gasteiger charge is -2.24. The summed E-state index contributed by atoms with van der Waals surface area (Å²) in [5.41, 5.74) is 0.272. The first-order chi connectivity index (χ1) is 7.49. The Morgan fingerprint density at radius 1 is 1.44 bits per heavy atom. The molecule has 5 heteroatoms. The molecule has 1 rings (SSSR count). The zero-order valence-electron chi connectivity index (χ0n) is 9.08. The van der Waals surface area contributed by atoms with Gasteiger partial charge in [0.15, 0.2) is 0 Å². The predicted octanol–water partition coefficient (Wildman–Crippen LogP) is 2.45. The summed E-state index contributed by atoms with van der Waals surface area (Å²) in [6.45, 7) is 1.63. The van der Waals surface area contributed by atoms with Crippen LogP contribution in [0.15, 0.2) is 18.2 Å². The molecule has 1 unspecified atom stereocenters. The van der Waals surface area contributed by atoms with E-state index in [1.54, 1.807) is 32.2 Å². The molecule has 0 aliphatic rings. The first-order valence-electron chi connectivity index (χ1n) is 4.81. The quantitative estimate of drug-likeness (QED) is 0.908. The van der Waals surface area contributed by atoms with E-state index in [1.807, 2.05) is 0 Å². The average molecular weight is 262 g/mol. The molecule has 0 spiro atoms. The van der Waals surface area contributed by atoms with E-state index in [0.717, 1.165) is 0 Å². The van der Waals surface area contributed by atoms with Gasteiger partial charge in [-0.2, -0.15) is 0 Å². The molecule has 0 radical (unpaired) electrons. The number of hydrogen-bond donors (Lipinski definition) is 1. The first-order valence-corrected chi connectivity index (χ1v) is 5.56. The number of rotatable bonds is 3. The van der Waals surface area contributed by atoms with Gasteiger partial charge in [0.2, 0.25) is 0 Å². The zero-order chi connectivity index (χ0) is 12.3. The van der Waals surface area contributed by atoms with Gasteiger partial charge in [0.1, 0.15) is 0 Å². The Kier molecular flexibility index (Phi) is 4.59. The molecule has 1 N–H and O–H groups in total. The van der Waals surface area contributed by atoms with Crippen LogP contribution < -0.4 is 0 Å². The van der Waals surface area contributed by atoms with Gasteiger partial charge >= 0.3 is 0 Å². The maximum atomic E-state index is 12.0. The van der Waals surface area contributed by atoms with Crippen LogP contribution in [-0.4, -0.2) is 35.6 Å². The Labute approximate surface area is 105 Å². The summed E-state index contributed by atoms with van der Waals surface area (Å²) in [4.78, 5) is 13.4. The Hall–Kier alpha value is -0.770. The summed E-state index contributed by atoms with van der Waals surface area (Å²) in [5, 5.41) is 9.61. The summed E-state index contributed by atoms with van der Waals surface area (Å²) in [6.07, 6.45) is 0. The van der Waals surface area contributed by atoms with Crippen molar-refractivity contribution < 1.29 is 9.90 Å². The summed E-state index contributed by atoms with van der Waals surface area (Å²) in [6, 6.07) is 4.62. The third kappa shape index (κ3) is 2.67. The molecule has 0 saturated carbocycles. The number of benzene rings is 1. The summed E-state index contributed by atoms with van der Waals surface area (Å²) < 4.78 is 0. The number of hydrogen-bond acceptors (Lipinski definition) is 2. The van der Waals surface area contributed by atoms with Gasteiger partial charge in [-0.25, -0.2) is 0 Å². The SMILES string of the molecule is CC(CO)N(C)C(=O)c1c(Cl)cccc1Cl. The minimum Gasteiger partial charge on any atom is -0.394 e. The monoisotopic (exact) mass is 261 g/mol. The molecule has 0 bridgehead atoms. The molecule has 0 saturated heterocycles. The van der Waals surface area contributed by atoms with Crippen molar-refractivity contribution in [2.45, 2.75) is 13.0 Å². The average Bonchev–Trinajstić information content (AvgIpc) is 2.26. The van der Waals surface area contributed by atoms with Crippen LogP contribution >= 0.6 is 23.2 Å². The van der Waals surface area contributed by atoms with E-state index in [0.29, 0.717) is 10.0 Å². The van der Waals surface area contributed by atoms with Crippen LogP contribution in [0.1, 0.15) is 17.3 Å². The number of carbonyl (C=O) groups is 1. The normalized spacial score (nSPS) is 12.3. The maximum absolute atomic E-state index is 12.0. The molecule has 16 heavy (non-hydrogen) atoms. The van der Waals surface area contributed by atoms with Crippen LogP contribution in [-0.2, 0) is 0 Å². The van der Waals surface area contributed by atoms with Gasteiger partial charge in [0.05, 0.1) is 28.3 Å². The van der Waals surface area contributed by atoms with Crippen LogP contribution in [0.3, 0.4) is 0 Å². The third-order valence-electron chi connectivity index (χ3n) is 2.42. The van der Waals surface area contributed by atoms with E-state index < -0.39 is 0 Å². The van der Waals surface area contributed by atoms with Gasteiger partial charge in [-0.05, 0) is 19.1 Å². The van der Waals surface area contributed by atoms with E-state index in [-0.39, 0.29) is 24.1 Å². The van der Waals surface area contributed by atoms with Crippen LogP contribution in [0, 0.1) is 0 Å². The molecule has 1 aromatic rings. The Morgan fingerprint density at radius 3 is 2.38 bits per heavy atom. The van der Waals surface area contributed by atoms with Crippen LogP contribution in [0.4, 0.5) is 0 Å². The van der Waals surface area contributed by atoms with Crippen LogP contribution in [0.2, 0.25) is 10.0 Å². The molecular weight excluding hydrogens is 249 g/mol. The topological polar surface area (TPSA) is 40.5 Å². The molecule has 88 valence electrons. The Morgan fingerprint density at radius 2 is 1.94 bits per heavy atom. The van der Waals surface area contributed by atoms with E-state index in [4.69, 9.17) is 28.3 Å². The van der Waals surface area contributed by atoms with E-state index in [2.05, 4.69) is 0 Å². The van der Waals surface area contributed by atoms with Crippen molar-refractivity contribution in [3.8, 4) is 0 Å². The highest BCUT2D eigenvalue weighted by Crippen LogP contribution is 2.25. The highest BCUT2D eigenvalue weighted by molar-refractivity contribution is 6.39. The molecular formula is C11H13Cl2NO2. The van der Waals surface area contributed by atoms with Crippen molar-refractivity contribution in [1.82, 2.24) is 4.90 Å². The molecule has 1 amide bonds. The molecule has 0 aliphatic carbocycles. The minimum absolute atomic E-state index is 0.107. The minimum atomic E-state index is -0.294. The number of aliphatic hydroxyl groups excluding tert-OH is 1. The fourth-order valence-electron chi connectivity index (χ4n) is 1.20. The fourth-order valence-corrected chi connectivity index (χ4v) is 1.76. The fraction of sp³-hybridized carbons (Fsp3) is 0.364. The van der Waals surface area contributed by atoms with Crippen molar-refractivity contribution in [2.75, 3.05) is 13.7 Å². The van der Waals surface area contributed by atoms with Gasteiger partial charge in [0, 0.05) is 7.05 Å². The van der Waals surface area contributed by atoms with Crippen molar-refractivity contribution >= 4 is 29.1 Å². The van der Waals surface area contributed by atoms with E-state index in [1.165, 1.54) is 4.90 Å². The van der Waals surface area contributed by atoms with Gasteiger partial charge in [-0.3, -0.25) is 4.79 Å².